The second-order valence-electron chi connectivity index (χ2n) is 7.34. The van der Waals surface area contributed by atoms with Crippen LogP contribution in [0.2, 0.25) is 0 Å². The molecular formula is C23H22FN3O3. The number of anilines is 1. The van der Waals surface area contributed by atoms with Gasteiger partial charge in [-0.25, -0.2) is 13.9 Å². The van der Waals surface area contributed by atoms with Gasteiger partial charge in [-0.1, -0.05) is 0 Å². The van der Waals surface area contributed by atoms with Gasteiger partial charge in [0.05, 0.1) is 18.4 Å². The monoisotopic (exact) mass is 407 g/mol. The largest absolute Gasteiger partial charge is 0.465 e. The van der Waals surface area contributed by atoms with Gasteiger partial charge in [0.15, 0.2) is 5.69 Å². The number of aryl methyl sites for hydroxylation is 1. The van der Waals surface area contributed by atoms with Crippen molar-refractivity contribution in [3.63, 3.8) is 0 Å². The first-order chi connectivity index (χ1) is 14.5. The Morgan fingerprint density at radius 1 is 1.10 bits per heavy atom. The minimum atomic E-state index is -0.428. The molecule has 0 atom stereocenters. The Bertz CT molecular complexity index is 1120. The number of benzene rings is 2. The minimum absolute atomic E-state index is 0.303. The lowest BCUT2D eigenvalue weighted by Gasteiger charge is -2.14. The SMILES string of the molecule is COC(=O)c1ccc(NC(=O)c2nn(-c3ccc(F)cc3)c3c2CCCC3)c(C)c1. The Labute approximate surface area is 173 Å². The minimum Gasteiger partial charge on any atom is -0.465 e. The zero-order valence-electron chi connectivity index (χ0n) is 16.9. The van der Waals surface area contributed by atoms with Gasteiger partial charge in [0.25, 0.3) is 5.91 Å². The highest BCUT2D eigenvalue weighted by Crippen LogP contribution is 2.28. The maximum absolute atomic E-state index is 13.3. The van der Waals surface area contributed by atoms with Crippen LogP contribution >= 0.6 is 0 Å². The molecule has 0 bridgehead atoms. The van der Waals surface area contributed by atoms with Crippen molar-refractivity contribution in [2.24, 2.45) is 0 Å². The Hall–Kier alpha value is -3.48. The zero-order chi connectivity index (χ0) is 21.3. The molecule has 154 valence electrons. The summed E-state index contributed by atoms with van der Waals surface area (Å²) in [6.45, 7) is 1.81. The van der Waals surface area contributed by atoms with E-state index in [0.29, 0.717) is 16.9 Å². The van der Waals surface area contributed by atoms with Gasteiger partial charge in [-0.05, 0) is 80.6 Å². The van der Waals surface area contributed by atoms with Gasteiger partial charge >= 0.3 is 5.97 Å². The Morgan fingerprint density at radius 3 is 2.53 bits per heavy atom. The molecule has 1 amide bonds. The van der Waals surface area contributed by atoms with Gasteiger partial charge in [-0.2, -0.15) is 5.10 Å². The van der Waals surface area contributed by atoms with Crippen LogP contribution in [0.5, 0.6) is 0 Å². The molecule has 0 saturated heterocycles. The standard InChI is InChI=1S/C23H22FN3O3/c1-14-13-15(23(29)30-2)7-12-19(14)25-22(28)21-18-5-3-4-6-20(18)27(26-21)17-10-8-16(24)9-11-17/h7-13H,3-6H2,1-2H3,(H,25,28). The fourth-order valence-corrected chi connectivity index (χ4v) is 3.81. The molecule has 1 aromatic heterocycles. The molecule has 2 aromatic carbocycles. The lowest BCUT2D eigenvalue weighted by molar-refractivity contribution is 0.0600. The van der Waals surface area contributed by atoms with E-state index in [-0.39, 0.29) is 11.7 Å². The number of rotatable bonds is 4. The van der Waals surface area contributed by atoms with Crippen LogP contribution < -0.4 is 5.32 Å². The lowest BCUT2D eigenvalue weighted by Crippen LogP contribution is -2.16. The van der Waals surface area contributed by atoms with Crippen LogP contribution in [0.25, 0.3) is 5.69 Å². The van der Waals surface area contributed by atoms with Gasteiger partial charge in [-0.3, -0.25) is 4.79 Å². The number of halogens is 1. The van der Waals surface area contributed by atoms with Crippen LogP contribution in [0, 0.1) is 12.7 Å². The van der Waals surface area contributed by atoms with E-state index in [1.807, 2.05) is 6.92 Å². The highest BCUT2D eigenvalue weighted by Gasteiger charge is 2.26. The molecule has 1 heterocycles. The number of nitrogens with zero attached hydrogens (tertiary/aromatic N) is 2. The van der Waals surface area contributed by atoms with Crippen LogP contribution in [-0.2, 0) is 17.6 Å². The molecule has 30 heavy (non-hydrogen) atoms. The summed E-state index contributed by atoms with van der Waals surface area (Å²) >= 11 is 0. The maximum Gasteiger partial charge on any atom is 0.337 e. The average Bonchev–Trinajstić information content (AvgIpc) is 3.15. The van der Waals surface area contributed by atoms with Crippen LogP contribution in [0.15, 0.2) is 42.5 Å². The molecule has 0 saturated carbocycles. The molecule has 1 aliphatic carbocycles. The number of hydrogen-bond donors (Lipinski definition) is 1. The van der Waals surface area contributed by atoms with E-state index in [1.165, 1.54) is 19.2 Å². The molecule has 1 N–H and O–H groups in total. The first-order valence-corrected chi connectivity index (χ1v) is 9.85. The average molecular weight is 407 g/mol. The van der Waals surface area contributed by atoms with E-state index in [9.17, 15) is 14.0 Å². The quantitative estimate of drug-likeness (QED) is 0.657. The molecule has 7 heteroatoms. The summed E-state index contributed by atoms with van der Waals surface area (Å²) in [4.78, 5) is 24.8. The number of aromatic nitrogens is 2. The molecule has 3 aromatic rings. The van der Waals surface area contributed by atoms with Gasteiger partial charge in [0.2, 0.25) is 0 Å². The van der Waals surface area contributed by atoms with Crippen molar-refractivity contribution in [2.75, 3.05) is 12.4 Å². The molecular weight excluding hydrogens is 385 g/mol. The Kier molecular flexibility index (Phi) is 5.35. The third kappa shape index (κ3) is 3.70. The number of amides is 1. The van der Waals surface area contributed by atoms with Crippen LogP contribution in [0.4, 0.5) is 10.1 Å². The van der Waals surface area contributed by atoms with Crippen molar-refractivity contribution in [1.29, 1.82) is 0 Å². The van der Waals surface area contributed by atoms with Crippen molar-refractivity contribution < 1.29 is 18.7 Å². The van der Waals surface area contributed by atoms with Crippen LogP contribution in [-0.4, -0.2) is 28.8 Å². The summed E-state index contributed by atoms with van der Waals surface area (Å²) < 4.78 is 19.8. The zero-order valence-corrected chi connectivity index (χ0v) is 16.9. The summed E-state index contributed by atoms with van der Waals surface area (Å²) in [6.07, 6.45) is 3.61. The fourth-order valence-electron chi connectivity index (χ4n) is 3.81. The Balaban J connectivity index is 1.66. The summed E-state index contributed by atoms with van der Waals surface area (Å²) in [6, 6.07) is 11.1. The summed E-state index contributed by atoms with van der Waals surface area (Å²) in [5, 5.41) is 7.49. The number of carbonyl (C=O) groups is 2. The molecule has 6 nitrogen and oxygen atoms in total. The first-order valence-electron chi connectivity index (χ1n) is 9.85. The highest BCUT2D eigenvalue weighted by atomic mass is 19.1. The number of methoxy groups -OCH3 is 1. The lowest BCUT2D eigenvalue weighted by atomic mass is 9.95. The number of fused-ring (bicyclic) bond motifs is 1. The number of carbonyl (C=O) groups excluding carboxylic acids is 2. The van der Waals surface area contributed by atoms with E-state index >= 15 is 0 Å². The van der Waals surface area contributed by atoms with Gasteiger partial charge in [0, 0.05) is 16.9 Å². The second-order valence-corrected chi connectivity index (χ2v) is 7.34. The van der Waals surface area contributed by atoms with Crippen LogP contribution in [0.3, 0.4) is 0 Å². The Morgan fingerprint density at radius 2 is 1.83 bits per heavy atom. The number of nitrogens with one attached hydrogen (secondary N) is 1. The molecule has 1 aliphatic rings. The number of esters is 1. The third-order valence-electron chi connectivity index (χ3n) is 5.36. The number of ether oxygens (including phenoxy) is 1. The molecule has 0 unspecified atom stereocenters. The van der Waals surface area contributed by atoms with Crippen molar-refractivity contribution >= 4 is 17.6 Å². The maximum atomic E-state index is 13.3. The molecule has 0 aliphatic heterocycles. The summed E-state index contributed by atoms with van der Waals surface area (Å²) in [7, 11) is 1.33. The predicted molar refractivity (Wildman–Crippen MR) is 111 cm³/mol. The predicted octanol–water partition coefficient (Wildman–Crippen LogP) is 4.24. The summed E-state index contributed by atoms with van der Waals surface area (Å²) in [5.41, 5.74) is 4.82. The van der Waals surface area contributed by atoms with Crippen LogP contribution in [0.1, 0.15) is 50.5 Å². The van der Waals surface area contributed by atoms with Crippen molar-refractivity contribution in [3.8, 4) is 5.69 Å². The van der Waals surface area contributed by atoms with Crippen molar-refractivity contribution in [3.05, 3.63) is 76.4 Å². The van der Waals surface area contributed by atoms with E-state index in [0.717, 1.165) is 48.2 Å². The second kappa shape index (κ2) is 8.10. The smallest absolute Gasteiger partial charge is 0.337 e. The van der Waals surface area contributed by atoms with Gasteiger partial charge < -0.3 is 10.1 Å². The fraction of sp³-hybridized carbons (Fsp3) is 0.261. The molecule has 0 radical (unpaired) electrons. The van der Waals surface area contributed by atoms with E-state index in [2.05, 4.69) is 10.4 Å². The van der Waals surface area contributed by atoms with E-state index in [4.69, 9.17) is 4.74 Å². The summed E-state index contributed by atoms with van der Waals surface area (Å²) in [5.74, 6) is -1.05. The first kappa shape index (κ1) is 19.8. The third-order valence-corrected chi connectivity index (χ3v) is 5.36. The molecule has 0 spiro atoms. The van der Waals surface area contributed by atoms with E-state index < -0.39 is 5.97 Å². The molecule has 0 fully saturated rings. The normalized spacial score (nSPS) is 12.9. The topological polar surface area (TPSA) is 73.2 Å². The van der Waals surface area contributed by atoms with Crippen molar-refractivity contribution in [2.45, 2.75) is 32.6 Å². The van der Waals surface area contributed by atoms with Crippen molar-refractivity contribution in [1.82, 2.24) is 9.78 Å². The van der Waals surface area contributed by atoms with E-state index in [1.54, 1.807) is 35.0 Å². The highest BCUT2D eigenvalue weighted by molar-refractivity contribution is 6.05. The number of hydrogen-bond acceptors (Lipinski definition) is 4. The van der Waals surface area contributed by atoms with Gasteiger partial charge in [-0.15, -0.1) is 0 Å². The molecule has 4 rings (SSSR count). The van der Waals surface area contributed by atoms with Gasteiger partial charge in [0.1, 0.15) is 5.82 Å².